The molecule has 0 bridgehead atoms. The van der Waals surface area contributed by atoms with E-state index in [1.54, 1.807) is 4.68 Å². The van der Waals surface area contributed by atoms with Crippen molar-refractivity contribution >= 4 is 11.9 Å². The number of amides is 1. The number of aryl methyl sites for hydroxylation is 2. The van der Waals surface area contributed by atoms with Crippen LogP contribution in [-0.4, -0.2) is 21.6 Å². The molecule has 2 heterocycles. The summed E-state index contributed by atoms with van der Waals surface area (Å²) in [6.07, 6.45) is 2.58. The summed E-state index contributed by atoms with van der Waals surface area (Å²) in [5.41, 5.74) is 7.16. The monoisotopic (exact) mass is 207 g/mol. The Kier molecular flexibility index (Phi) is 2.18. The van der Waals surface area contributed by atoms with Gasteiger partial charge in [0, 0.05) is 18.8 Å². The van der Waals surface area contributed by atoms with Gasteiger partial charge in [-0.1, -0.05) is 6.92 Å². The first-order valence-electron chi connectivity index (χ1n) is 4.78. The van der Waals surface area contributed by atoms with E-state index in [9.17, 15) is 4.79 Å². The van der Waals surface area contributed by atoms with E-state index in [-0.39, 0.29) is 11.9 Å². The maximum atomic E-state index is 11.5. The number of carbonyl (C=O) groups is 1. The summed E-state index contributed by atoms with van der Waals surface area (Å²) in [7, 11) is 1.82. The Morgan fingerprint density at radius 2 is 2.40 bits per heavy atom. The first-order valence-corrected chi connectivity index (χ1v) is 4.78. The highest BCUT2D eigenvalue weighted by Crippen LogP contribution is 2.23. The lowest BCUT2D eigenvalue weighted by molar-refractivity contribution is -0.120. The van der Waals surface area contributed by atoms with Crippen molar-refractivity contribution in [1.29, 1.82) is 0 Å². The van der Waals surface area contributed by atoms with Crippen LogP contribution in [0.5, 0.6) is 0 Å². The van der Waals surface area contributed by atoms with Crippen LogP contribution in [0.25, 0.3) is 0 Å². The number of hydrogen-bond acceptors (Lipinski definition) is 4. The van der Waals surface area contributed by atoms with Crippen molar-refractivity contribution in [2.24, 2.45) is 17.8 Å². The van der Waals surface area contributed by atoms with E-state index in [2.05, 4.69) is 15.4 Å². The second-order valence-electron chi connectivity index (χ2n) is 3.46. The first kappa shape index (κ1) is 9.70. The van der Waals surface area contributed by atoms with Crippen LogP contribution in [0.15, 0.2) is 11.2 Å². The molecule has 0 aromatic carbocycles. The Bertz CT molecular complexity index is 434. The summed E-state index contributed by atoms with van der Waals surface area (Å²) in [6.45, 7) is 1.99. The standard InChI is InChI=1S/C9H13N5O/c1-3-6-5(4-14(2)13-6)7-8(15)12-9(10)11-7/h4,7H,3H2,1-2H3,(H3,10,11,12,15). The fraction of sp³-hybridized carbons (Fsp3) is 0.444. The highest BCUT2D eigenvalue weighted by molar-refractivity contribution is 6.04. The molecular formula is C9H13N5O. The molecule has 80 valence electrons. The maximum absolute atomic E-state index is 11.5. The quantitative estimate of drug-likeness (QED) is 0.683. The molecule has 15 heavy (non-hydrogen) atoms. The molecule has 1 unspecified atom stereocenters. The third kappa shape index (κ3) is 1.58. The van der Waals surface area contributed by atoms with Crippen LogP contribution in [0.4, 0.5) is 0 Å². The van der Waals surface area contributed by atoms with Crippen molar-refractivity contribution in [3.05, 3.63) is 17.5 Å². The summed E-state index contributed by atoms with van der Waals surface area (Å²) < 4.78 is 1.69. The predicted molar refractivity (Wildman–Crippen MR) is 55.1 cm³/mol. The van der Waals surface area contributed by atoms with Crippen LogP contribution in [0, 0.1) is 0 Å². The van der Waals surface area contributed by atoms with Crippen LogP contribution >= 0.6 is 0 Å². The Morgan fingerprint density at radius 3 is 2.93 bits per heavy atom. The number of nitrogens with two attached hydrogens (primary N) is 1. The van der Waals surface area contributed by atoms with Gasteiger partial charge in [-0.2, -0.15) is 5.10 Å². The summed E-state index contributed by atoms with van der Waals surface area (Å²) in [6, 6.07) is -0.534. The van der Waals surface area contributed by atoms with E-state index in [4.69, 9.17) is 5.73 Å². The SMILES string of the molecule is CCc1nn(C)cc1C1N=C(N)NC1=O. The third-order valence-corrected chi connectivity index (χ3v) is 2.33. The molecule has 0 fully saturated rings. The highest BCUT2D eigenvalue weighted by atomic mass is 16.2. The maximum Gasteiger partial charge on any atom is 0.256 e. The number of nitrogens with zero attached hydrogens (tertiary/aromatic N) is 3. The fourth-order valence-electron chi connectivity index (χ4n) is 1.69. The van der Waals surface area contributed by atoms with E-state index in [0.29, 0.717) is 0 Å². The van der Waals surface area contributed by atoms with Crippen molar-refractivity contribution in [2.45, 2.75) is 19.4 Å². The molecule has 1 aromatic heterocycles. The molecule has 1 aromatic rings. The lowest BCUT2D eigenvalue weighted by Crippen LogP contribution is -2.31. The van der Waals surface area contributed by atoms with Crippen LogP contribution < -0.4 is 11.1 Å². The highest BCUT2D eigenvalue weighted by Gasteiger charge is 2.29. The van der Waals surface area contributed by atoms with Crippen molar-refractivity contribution in [3.8, 4) is 0 Å². The van der Waals surface area contributed by atoms with Gasteiger partial charge in [-0.05, 0) is 6.42 Å². The Balaban J connectivity index is 2.40. The van der Waals surface area contributed by atoms with Crippen LogP contribution in [0.3, 0.4) is 0 Å². The number of hydrogen-bond donors (Lipinski definition) is 2. The summed E-state index contributed by atoms with van der Waals surface area (Å²) in [5, 5.41) is 6.74. The smallest absolute Gasteiger partial charge is 0.256 e. The van der Waals surface area contributed by atoms with Gasteiger partial charge in [0.25, 0.3) is 5.91 Å². The number of nitrogens with one attached hydrogen (secondary N) is 1. The van der Waals surface area contributed by atoms with E-state index < -0.39 is 6.04 Å². The minimum absolute atomic E-state index is 0.177. The van der Waals surface area contributed by atoms with Gasteiger partial charge < -0.3 is 5.73 Å². The zero-order chi connectivity index (χ0) is 11.0. The average Bonchev–Trinajstić information content (AvgIpc) is 2.69. The van der Waals surface area contributed by atoms with Crippen molar-refractivity contribution in [2.75, 3.05) is 0 Å². The van der Waals surface area contributed by atoms with Gasteiger partial charge in [0.1, 0.15) is 0 Å². The molecule has 1 atom stereocenters. The molecule has 0 spiro atoms. The van der Waals surface area contributed by atoms with E-state index >= 15 is 0 Å². The van der Waals surface area contributed by atoms with Gasteiger partial charge in [0.15, 0.2) is 12.0 Å². The number of aromatic nitrogens is 2. The number of carbonyl (C=O) groups excluding carboxylic acids is 1. The molecule has 1 aliphatic rings. The van der Waals surface area contributed by atoms with Crippen molar-refractivity contribution in [1.82, 2.24) is 15.1 Å². The van der Waals surface area contributed by atoms with Gasteiger partial charge in [-0.3, -0.25) is 14.8 Å². The zero-order valence-electron chi connectivity index (χ0n) is 8.69. The predicted octanol–water partition coefficient (Wildman–Crippen LogP) is -0.532. The molecule has 0 saturated carbocycles. The largest absolute Gasteiger partial charge is 0.370 e. The molecule has 0 saturated heterocycles. The van der Waals surface area contributed by atoms with Crippen LogP contribution in [-0.2, 0) is 18.3 Å². The Labute approximate surface area is 87.2 Å². The van der Waals surface area contributed by atoms with Gasteiger partial charge in [0.2, 0.25) is 0 Å². The molecule has 2 rings (SSSR count). The fourth-order valence-corrected chi connectivity index (χ4v) is 1.69. The second kappa shape index (κ2) is 3.38. The summed E-state index contributed by atoms with van der Waals surface area (Å²) in [4.78, 5) is 15.6. The summed E-state index contributed by atoms with van der Waals surface area (Å²) >= 11 is 0. The normalized spacial score (nSPS) is 20.3. The van der Waals surface area contributed by atoms with E-state index in [1.807, 2.05) is 20.2 Å². The van der Waals surface area contributed by atoms with Gasteiger partial charge >= 0.3 is 0 Å². The summed E-state index contributed by atoms with van der Waals surface area (Å²) in [5.74, 6) is -0.00824. The van der Waals surface area contributed by atoms with Gasteiger partial charge in [-0.15, -0.1) is 0 Å². The topological polar surface area (TPSA) is 85.3 Å². The second-order valence-corrected chi connectivity index (χ2v) is 3.46. The average molecular weight is 207 g/mol. The molecule has 3 N–H and O–H groups in total. The van der Waals surface area contributed by atoms with Crippen molar-refractivity contribution < 1.29 is 4.79 Å². The van der Waals surface area contributed by atoms with Crippen LogP contribution in [0.1, 0.15) is 24.2 Å². The molecule has 1 aliphatic heterocycles. The Morgan fingerprint density at radius 1 is 1.67 bits per heavy atom. The van der Waals surface area contributed by atoms with E-state index in [1.165, 1.54) is 0 Å². The zero-order valence-corrected chi connectivity index (χ0v) is 8.69. The minimum atomic E-state index is -0.534. The lowest BCUT2D eigenvalue weighted by atomic mass is 10.1. The number of guanidine groups is 1. The van der Waals surface area contributed by atoms with Crippen molar-refractivity contribution in [3.63, 3.8) is 0 Å². The lowest BCUT2D eigenvalue weighted by Gasteiger charge is -2.02. The van der Waals surface area contributed by atoms with Crippen LogP contribution in [0.2, 0.25) is 0 Å². The van der Waals surface area contributed by atoms with E-state index in [0.717, 1.165) is 17.7 Å². The molecule has 0 radical (unpaired) electrons. The molecule has 6 heteroatoms. The van der Waals surface area contributed by atoms with Gasteiger partial charge in [0.05, 0.1) is 5.69 Å². The molecule has 0 aliphatic carbocycles. The molecule has 6 nitrogen and oxygen atoms in total. The minimum Gasteiger partial charge on any atom is -0.370 e. The third-order valence-electron chi connectivity index (χ3n) is 2.33. The molecule has 1 amide bonds. The van der Waals surface area contributed by atoms with Gasteiger partial charge in [-0.25, -0.2) is 4.99 Å². The number of aliphatic imine (C=N–C) groups is 1. The Hall–Kier alpha value is -1.85. The number of rotatable bonds is 2. The first-order chi connectivity index (χ1) is 7.11. The molecular weight excluding hydrogens is 194 g/mol.